The second-order valence-corrected chi connectivity index (χ2v) is 6.47. The molecule has 1 amide bonds. The number of anilines is 1. The Labute approximate surface area is 116 Å². The minimum absolute atomic E-state index is 0.00141. The fourth-order valence-corrected chi connectivity index (χ4v) is 2.06. The largest absolute Gasteiger partial charge is 0.326 e. The van der Waals surface area contributed by atoms with Gasteiger partial charge < -0.3 is 10.6 Å². The average Bonchev–Trinajstić information content (AvgIpc) is 2.27. The van der Waals surface area contributed by atoms with E-state index in [0.29, 0.717) is 13.0 Å². The summed E-state index contributed by atoms with van der Waals surface area (Å²) in [4.78, 5) is 14.3. The van der Waals surface area contributed by atoms with E-state index >= 15 is 0 Å². The van der Waals surface area contributed by atoms with E-state index in [9.17, 15) is 4.79 Å². The fraction of sp³-hybridized carbons (Fsp3) is 0.562. The van der Waals surface area contributed by atoms with Crippen molar-refractivity contribution in [1.29, 1.82) is 0 Å². The van der Waals surface area contributed by atoms with Crippen LogP contribution in [0.5, 0.6) is 0 Å². The molecule has 0 aliphatic heterocycles. The minimum Gasteiger partial charge on any atom is -0.326 e. The molecular weight excluding hydrogens is 236 g/mol. The molecule has 0 spiro atoms. The van der Waals surface area contributed by atoms with Gasteiger partial charge in [-0.25, -0.2) is 0 Å². The topological polar surface area (TPSA) is 46.3 Å². The van der Waals surface area contributed by atoms with Crippen LogP contribution >= 0.6 is 0 Å². The van der Waals surface area contributed by atoms with Gasteiger partial charge in [0.1, 0.15) is 0 Å². The van der Waals surface area contributed by atoms with Gasteiger partial charge in [-0.05, 0) is 37.0 Å². The molecule has 0 saturated heterocycles. The van der Waals surface area contributed by atoms with Gasteiger partial charge in [0.25, 0.3) is 0 Å². The number of hydrogen-bond donors (Lipinski definition) is 1. The molecule has 1 aromatic carbocycles. The van der Waals surface area contributed by atoms with E-state index in [1.807, 2.05) is 43.0 Å². The SMILES string of the molecule is CC(C)N(C(=O)CC(C)(C)C)c1ccc(CN)cc1. The van der Waals surface area contributed by atoms with Crippen LogP contribution in [0.1, 0.15) is 46.6 Å². The predicted octanol–water partition coefficient (Wildman–Crippen LogP) is 3.32. The number of rotatable bonds is 4. The first-order valence-corrected chi connectivity index (χ1v) is 6.85. The standard InChI is InChI=1S/C16H26N2O/c1-12(2)18(15(19)10-16(3,4)5)14-8-6-13(11-17)7-9-14/h6-9,12H,10-11,17H2,1-5H3. The van der Waals surface area contributed by atoms with Gasteiger partial charge in [-0.3, -0.25) is 4.79 Å². The molecule has 2 N–H and O–H groups in total. The summed E-state index contributed by atoms with van der Waals surface area (Å²) in [5, 5.41) is 0. The average molecular weight is 262 g/mol. The quantitative estimate of drug-likeness (QED) is 0.904. The maximum Gasteiger partial charge on any atom is 0.227 e. The van der Waals surface area contributed by atoms with Crippen LogP contribution in [-0.4, -0.2) is 11.9 Å². The van der Waals surface area contributed by atoms with Gasteiger partial charge in [0, 0.05) is 24.7 Å². The lowest BCUT2D eigenvalue weighted by molar-refractivity contribution is -0.120. The number of carbonyl (C=O) groups excluding carboxylic acids is 1. The lowest BCUT2D eigenvalue weighted by Gasteiger charge is -2.30. The Bertz CT molecular complexity index is 415. The normalized spacial score (nSPS) is 11.7. The molecule has 0 heterocycles. The summed E-state index contributed by atoms with van der Waals surface area (Å²) >= 11 is 0. The first kappa shape index (κ1) is 15.7. The van der Waals surface area contributed by atoms with E-state index in [2.05, 4.69) is 20.8 Å². The number of nitrogens with zero attached hydrogens (tertiary/aromatic N) is 1. The highest BCUT2D eigenvalue weighted by Gasteiger charge is 2.24. The highest BCUT2D eigenvalue weighted by Crippen LogP contribution is 2.25. The molecule has 0 radical (unpaired) electrons. The van der Waals surface area contributed by atoms with Gasteiger partial charge in [-0.1, -0.05) is 32.9 Å². The molecule has 1 rings (SSSR count). The van der Waals surface area contributed by atoms with Crippen molar-refractivity contribution in [3.05, 3.63) is 29.8 Å². The molecule has 106 valence electrons. The molecule has 0 aliphatic rings. The number of amides is 1. The predicted molar refractivity (Wildman–Crippen MR) is 81.0 cm³/mol. The molecule has 0 aliphatic carbocycles. The van der Waals surface area contributed by atoms with Gasteiger partial charge in [0.15, 0.2) is 0 Å². The van der Waals surface area contributed by atoms with E-state index in [4.69, 9.17) is 5.73 Å². The van der Waals surface area contributed by atoms with Gasteiger partial charge in [-0.15, -0.1) is 0 Å². The van der Waals surface area contributed by atoms with Gasteiger partial charge in [-0.2, -0.15) is 0 Å². The zero-order chi connectivity index (χ0) is 14.6. The molecule has 0 aromatic heterocycles. The molecule has 0 saturated carbocycles. The summed E-state index contributed by atoms with van der Waals surface area (Å²) in [5.74, 6) is 0.169. The summed E-state index contributed by atoms with van der Waals surface area (Å²) in [7, 11) is 0. The Morgan fingerprint density at radius 2 is 1.74 bits per heavy atom. The van der Waals surface area contributed by atoms with Crippen molar-refractivity contribution < 1.29 is 4.79 Å². The molecule has 19 heavy (non-hydrogen) atoms. The van der Waals surface area contributed by atoms with Crippen molar-refractivity contribution in [2.75, 3.05) is 4.90 Å². The maximum absolute atomic E-state index is 12.5. The van der Waals surface area contributed by atoms with Gasteiger partial charge in [0.05, 0.1) is 0 Å². The number of carbonyl (C=O) groups is 1. The van der Waals surface area contributed by atoms with Crippen LogP contribution in [0.15, 0.2) is 24.3 Å². The smallest absolute Gasteiger partial charge is 0.227 e. The molecule has 0 bridgehead atoms. The molecule has 3 heteroatoms. The van der Waals surface area contributed by atoms with E-state index in [1.165, 1.54) is 0 Å². The first-order chi connectivity index (χ1) is 8.74. The van der Waals surface area contributed by atoms with Crippen LogP contribution in [-0.2, 0) is 11.3 Å². The van der Waals surface area contributed by atoms with E-state index in [1.54, 1.807) is 0 Å². The number of benzene rings is 1. The third-order valence-corrected chi connectivity index (χ3v) is 2.92. The van der Waals surface area contributed by atoms with Crippen molar-refractivity contribution in [3.8, 4) is 0 Å². The van der Waals surface area contributed by atoms with Crippen molar-refractivity contribution in [2.45, 2.75) is 53.6 Å². The number of nitrogens with two attached hydrogens (primary N) is 1. The summed E-state index contributed by atoms with van der Waals surface area (Å²) in [6.07, 6.45) is 0.545. The first-order valence-electron chi connectivity index (χ1n) is 6.85. The monoisotopic (exact) mass is 262 g/mol. The molecule has 3 nitrogen and oxygen atoms in total. The van der Waals surface area contributed by atoms with Crippen LogP contribution in [0.4, 0.5) is 5.69 Å². The second kappa shape index (κ2) is 6.20. The Morgan fingerprint density at radius 1 is 1.21 bits per heavy atom. The minimum atomic E-state index is 0.00141. The zero-order valence-corrected chi connectivity index (χ0v) is 12.7. The van der Waals surface area contributed by atoms with Crippen LogP contribution in [0, 0.1) is 5.41 Å². The van der Waals surface area contributed by atoms with E-state index < -0.39 is 0 Å². The van der Waals surface area contributed by atoms with Crippen LogP contribution in [0.25, 0.3) is 0 Å². The molecule has 1 aromatic rings. The van der Waals surface area contributed by atoms with Gasteiger partial charge >= 0.3 is 0 Å². The molecule has 0 unspecified atom stereocenters. The highest BCUT2D eigenvalue weighted by atomic mass is 16.2. The third-order valence-electron chi connectivity index (χ3n) is 2.92. The summed E-state index contributed by atoms with van der Waals surface area (Å²) in [5.41, 5.74) is 7.62. The second-order valence-electron chi connectivity index (χ2n) is 6.47. The highest BCUT2D eigenvalue weighted by molar-refractivity contribution is 5.94. The van der Waals surface area contributed by atoms with E-state index in [0.717, 1.165) is 11.3 Å². The lowest BCUT2D eigenvalue weighted by atomic mass is 9.91. The van der Waals surface area contributed by atoms with Crippen molar-refractivity contribution >= 4 is 11.6 Å². The van der Waals surface area contributed by atoms with Crippen LogP contribution in [0.3, 0.4) is 0 Å². The maximum atomic E-state index is 12.5. The van der Waals surface area contributed by atoms with Crippen molar-refractivity contribution in [1.82, 2.24) is 0 Å². The lowest BCUT2D eigenvalue weighted by Crippen LogP contribution is -2.38. The summed E-state index contributed by atoms with van der Waals surface area (Å²) in [6, 6.07) is 8.06. The number of hydrogen-bond acceptors (Lipinski definition) is 2. The van der Waals surface area contributed by atoms with Crippen LogP contribution < -0.4 is 10.6 Å². The molecule has 0 atom stereocenters. The van der Waals surface area contributed by atoms with Crippen molar-refractivity contribution in [2.24, 2.45) is 11.1 Å². The fourth-order valence-electron chi connectivity index (χ4n) is 2.06. The Kier molecular flexibility index (Phi) is 5.12. The summed E-state index contributed by atoms with van der Waals surface area (Å²) in [6.45, 7) is 10.9. The van der Waals surface area contributed by atoms with E-state index in [-0.39, 0.29) is 17.4 Å². The van der Waals surface area contributed by atoms with Crippen molar-refractivity contribution in [3.63, 3.8) is 0 Å². The summed E-state index contributed by atoms with van der Waals surface area (Å²) < 4.78 is 0. The Hall–Kier alpha value is -1.35. The van der Waals surface area contributed by atoms with Crippen LogP contribution in [0.2, 0.25) is 0 Å². The Morgan fingerprint density at radius 3 is 2.11 bits per heavy atom. The zero-order valence-electron chi connectivity index (χ0n) is 12.7. The van der Waals surface area contributed by atoms with Gasteiger partial charge in [0.2, 0.25) is 5.91 Å². The third kappa shape index (κ3) is 4.67. The molecule has 0 fully saturated rings. The Balaban J connectivity index is 2.96. The molecular formula is C16H26N2O.